The van der Waals surface area contributed by atoms with Crippen LogP contribution in [0.2, 0.25) is 13.6 Å². The minimum Gasteiger partial charge on any atom is -0.870 e. The number of nitrogens with one attached hydrogen (secondary N) is 1. The van der Waals surface area contributed by atoms with E-state index >= 15 is 0 Å². The van der Waals surface area contributed by atoms with Crippen LogP contribution in [0.25, 0.3) is 32.7 Å². The number of nitrogens with zero attached hydrogens (tertiary/aromatic N) is 14. The van der Waals surface area contributed by atoms with Crippen molar-refractivity contribution >= 4 is 125 Å². The summed E-state index contributed by atoms with van der Waals surface area (Å²) in [5.74, 6) is -0.622. The van der Waals surface area contributed by atoms with E-state index in [9.17, 15) is 39.7 Å². The average Bonchev–Trinajstić information content (AvgIpc) is 0.789. The van der Waals surface area contributed by atoms with E-state index in [1.54, 1.807) is 30.7 Å². The SMILES string of the molecule is CB(O)N1CCCC(C)C1.CB(O)N1CCN(c2ccc(N)cc2)CC1.CC1CN(c2ccc(C#N)c3ncccc23)CCN1CC(=O)O.COC(=O)CBr.COC(=O)CN1CCN(c2ccc(C#N)c3ncccc23)CC1C.COC(=O)CN1CCNCC1C.N#Cc1ccc(Br)c2cccnc12.[Li+].[OH-]. The van der Waals surface area contributed by atoms with Crippen molar-refractivity contribution < 1.29 is 72.9 Å². The number of rotatable bonds is 12. The average molecular weight is 1580 g/mol. The van der Waals surface area contributed by atoms with Gasteiger partial charge in [-0.3, -0.25) is 48.8 Å². The van der Waals surface area contributed by atoms with E-state index in [-0.39, 0.29) is 80.3 Å². The first-order chi connectivity index (χ1) is 50.0. The number of alkyl halides is 1. The number of pyridine rings is 3. The number of nitrogen functional groups attached to an aromatic ring is 1. The number of esters is 3. The number of nitriles is 3. The Bertz CT molecular complexity index is 4040. The molecule has 5 fully saturated rings. The van der Waals surface area contributed by atoms with Gasteiger partial charge in [0.05, 0.1) is 74.2 Å². The number of methoxy groups -OCH3 is 3. The standard InChI is InChI=1S/C18H20N4O2.C17H18N4O2.C11H18BN3O.C10H5BrN2.C8H16N2O2.C7H16BNO.C3H5BrO2.Li.H2O/c1-13-11-22(9-8-21(13)12-17(23)24-2)16-6-5-14(10-19)18-15(16)4-3-7-20-18;1-12-10-21(8-7-20(12)11-16(22)23)15-5-4-13(9-18)17-14(15)3-2-6-19-17;1-12(16)15-8-6-14(7-9-15)11-4-2-10(13)3-5-11;11-9-4-3-7(6-12)10-8(9)2-1-5-13-10;1-7-5-9-3-4-10(7)6-8(11)12-2;1-7-4-3-5-9(6-7)8(2)10;1-6-3(5)2-4;;/h3-7,13H,8-9,11-12H2,1-2H3;2-6,12H,7-8,10-11H2,1H3,(H,22,23);2-5,16H,6-9,13H2,1H3;1-5H;7,9H,3-6H2,1-2H3;7,10H,3-6H2,1-2H3;2H2,1H3;;1H2/q;;;;;;;+1;/p-1. The fraction of sp³-hybridized carbons (Fsp3) is 0.459. The van der Waals surface area contributed by atoms with E-state index in [0.717, 1.165) is 146 Å². The summed E-state index contributed by atoms with van der Waals surface area (Å²) >= 11 is 6.31. The number of hydrogen-bond donors (Lipinski definition) is 5. The largest absolute Gasteiger partial charge is 1.00 e. The van der Waals surface area contributed by atoms with Gasteiger partial charge in [-0.1, -0.05) is 44.8 Å². The molecule has 5 aliphatic rings. The number of carbonyl (C=O) groups excluding carboxylic acids is 3. The molecule has 0 amide bonds. The van der Waals surface area contributed by atoms with Gasteiger partial charge in [-0.2, -0.15) is 15.8 Å². The zero-order valence-electron chi connectivity index (χ0n) is 62.5. The quantitative estimate of drug-likeness (QED) is 0.0369. The van der Waals surface area contributed by atoms with Crippen LogP contribution in [0.4, 0.5) is 22.7 Å². The molecule has 12 rings (SSSR count). The van der Waals surface area contributed by atoms with Crippen LogP contribution in [0, 0.1) is 39.9 Å². The maximum absolute atomic E-state index is 11.5. The van der Waals surface area contributed by atoms with Gasteiger partial charge in [0, 0.05) is 165 Å². The van der Waals surface area contributed by atoms with Crippen molar-refractivity contribution in [2.75, 3.05) is 165 Å². The molecular formula is C74H99B2Br2LiN16O11. The molecule has 0 saturated carbocycles. The number of halogens is 2. The van der Waals surface area contributed by atoms with Gasteiger partial charge in [0.15, 0.2) is 0 Å². The van der Waals surface area contributed by atoms with Crippen LogP contribution < -0.4 is 44.6 Å². The fourth-order valence-electron chi connectivity index (χ4n) is 12.6. The van der Waals surface area contributed by atoms with Crippen LogP contribution in [0.15, 0.2) is 120 Å². The van der Waals surface area contributed by atoms with E-state index in [1.165, 1.54) is 39.9 Å². The van der Waals surface area contributed by atoms with Crippen LogP contribution in [0.1, 0.15) is 57.2 Å². The first-order valence-corrected chi connectivity index (χ1v) is 36.7. The Morgan fingerprint density at radius 2 is 1.00 bits per heavy atom. The van der Waals surface area contributed by atoms with E-state index in [4.69, 9.17) is 20.8 Å². The van der Waals surface area contributed by atoms with E-state index in [2.05, 4.69) is 135 Å². The third-order valence-electron chi connectivity index (χ3n) is 18.5. The fourth-order valence-corrected chi connectivity index (χ4v) is 13.3. The molecule has 5 aliphatic heterocycles. The van der Waals surface area contributed by atoms with E-state index in [0.29, 0.717) is 47.9 Å². The van der Waals surface area contributed by atoms with Crippen LogP contribution in [-0.4, -0.2) is 260 Å². The van der Waals surface area contributed by atoms with Gasteiger partial charge in [-0.25, -0.2) is 0 Å². The molecule has 32 heteroatoms. The Morgan fingerprint density at radius 3 is 1.40 bits per heavy atom. The van der Waals surface area contributed by atoms with Crippen molar-refractivity contribution in [2.24, 2.45) is 5.92 Å². The van der Waals surface area contributed by atoms with Crippen LogP contribution in [0.5, 0.6) is 0 Å². The topological polar surface area (TPSA) is 361 Å². The van der Waals surface area contributed by atoms with E-state index in [1.807, 2.05) is 110 Å². The van der Waals surface area contributed by atoms with Gasteiger partial charge in [0.1, 0.15) is 23.5 Å². The maximum atomic E-state index is 11.5. The number of aliphatic carboxylic acids is 1. The molecule has 106 heavy (non-hydrogen) atoms. The molecule has 4 aromatic carbocycles. The molecule has 7 N–H and O–H groups in total. The number of ether oxygens (including phenoxy) is 3. The minimum atomic E-state index is -0.793. The summed E-state index contributed by atoms with van der Waals surface area (Å²) in [6.45, 7) is 26.3. The Hall–Kier alpha value is -8.01. The van der Waals surface area contributed by atoms with Crippen molar-refractivity contribution in [1.82, 2.24) is 44.6 Å². The predicted molar refractivity (Wildman–Crippen MR) is 419 cm³/mol. The van der Waals surface area contributed by atoms with Crippen LogP contribution in [0.3, 0.4) is 0 Å². The van der Waals surface area contributed by atoms with Crippen molar-refractivity contribution in [3.63, 3.8) is 0 Å². The van der Waals surface area contributed by atoms with Gasteiger partial charge in [-0.15, -0.1) is 0 Å². The zero-order chi connectivity index (χ0) is 75.8. The molecule has 27 nitrogen and oxygen atoms in total. The van der Waals surface area contributed by atoms with Crippen molar-refractivity contribution in [2.45, 2.75) is 72.3 Å². The zero-order valence-corrected chi connectivity index (χ0v) is 65.7. The van der Waals surface area contributed by atoms with Gasteiger partial charge < -0.3 is 70.2 Å². The van der Waals surface area contributed by atoms with Crippen molar-refractivity contribution in [3.05, 3.63) is 137 Å². The number of carbonyl (C=O) groups is 4. The number of piperidine rings is 1. The summed E-state index contributed by atoms with van der Waals surface area (Å²) in [6, 6.07) is 38.0. The number of hydrogen-bond acceptors (Lipinski definition) is 26. The van der Waals surface area contributed by atoms with Gasteiger partial charge >= 0.3 is 56.8 Å². The van der Waals surface area contributed by atoms with Crippen molar-refractivity contribution in [1.29, 1.82) is 15.8 Å². The van der Waals surface area contributed by atoms with E-state index < -0.39 is 5.97 Å². The van der Waals surface area contributed by atoms with Gasteiger partial charge in [0.2, 0.25) is 0 Å². The molecule has 5 saturated heterocycles. The monoisotopic (exact) mass is 1570 g/mol. The smallest absolute Gasteiger partial charge is 0.870 e. The third kappa shape index (κ3) is 27.6. The Balaban J connectivity index is 0.000000270. The number of aromatic nitrogens is 3. The molecule has 0 spiro atoms. The summed E-state index contributed by atoms with van der Waals surface area (Å²) in [7, 11) is 3.61. The molecule has 562 valence electrons. The first kappa shape index (κ1) is 90.4. The molecule has 3 aromatic heterocycles. The molecule has 0 radical (unpaired) electrons. The molecule has 0 bridgehead atoms. The minimum absolute atomic E-state index is 0. The second-order valence-electron chi connectivity index (χ2n) is 25.8. The Kier molecular flexibility index (Phi) is 40.0. The second-order valence-corrected chi connectivity index (χ2v) is 27.2. The molecule has 0 aliphatic carbocycles. The number of fused-ring (bicyclic) bond motifs is 3. The maximum Gasteiger partial charge on any atom is 1.00 e. The number of piperazine rings is 4. The summed E-state index contributed by atoms with van der Waals surface area (Å²) in [5, 5.41) is 61.4. The number of nitrogens with two attached hydrogens (primary N) is 1. The van der Waals surface area contributed by atoms with Crippen LogP contribution in [-0.2, 0) is 33.4 Å². The summed E-state index contributed by atoms with van der Waals surface area (Å²) in [6.07, 6.45) is 7.66. The van der Waals surface area contributed by atoms with Crippen LogP contribution >= 0.6 is 31.9 Å². The predicted octanol–water partition coefficient (Wildman–Crippen LogP) is 4.52. The second kappa shape index (κ2) is 46.9. The number of anilines is 4. The molecule has 4 atom stereocenters. The first-order valence-electron chi connectivity index (χ1n) is 34.8. The Labute approximate surface area is 652 Å². The van der Waals surface area contributed by atoms with Crippen molar-refractivity contribution in [3.8, 4) is 18.2 Å². The van der Waals surface area contributed by atoms with Gasteiger partial charge in [0.25, 0.3) is 0 Å². The Morgan fingerprint density at radius 1 is 0.566 bits per heavy atom. The summed E-state index contributed by atoms with van der Waals surface area (Å²) in [5.41, 5.74) is 13.8. The molecular weight excluding hydrogens is 1480 g/mol. The third-order valence-corrected chi connectivity index (χ3v) is 19.7. The number of carboxylic acid groups (broad SMARTS) is 1. The molecule has 8 heterocycles. The number of benzene rings is 4. The normalized spacial score (nSPS) is 18.1. The molecule has 4 unspecified atom stereocenters. The van der Waals surface area contributed by atoms with Gasteiger partial charge in [-0.05, 0) is 157 Å². The molecule has 7 aromatic rings. The number of carboxylic acids is 1. The summed E-state index contributed by atoms with van der Waals surface area (Å²) in [4.78, 5) is 73.5. The summed E-state index contributed by atoms with van der Waals surface area (Å²) < 4.78 is 14.5.